The van der Waals surface area contributed by atoms with Gasteiger partial charge in [-0.25, -0.2) is 0 Å². The van der Waals surface area contributed by atoms with Gasteiger partial charge in [-0.2, -0.15) is 0 Å². The number of thioether (sulfide) groups is 1. The van der Waals surface area contributed by atoms with Gasteiger partial charge in [0.2, 0.25) is 5.91 Å². The van der Waals surface area contributed by atoms with Crippen LogP contribution < -0.4 is 5.32 Å². The maximum absolute atomic E-state index is 11.3. The number of nitrogens with one attached hydrogen (secondary N) is 1. The molecule has 0 saturated heterocycles. The molecule has 4 nitrogen and oxygen atoms in total. The van der Waals surface area contributed by atoms with Crippen molar-refractivity contribution < 1.29 is 4.79 Å². The Labute approximate surface area is 99.6 Å². The molecule has 1 N–H and O–H groups in total. The van der Waals surface area contributed by atoms with Crippen LogP contribution in [-0.2, 0) is 4.79 Å². The van der Waals surface area contributed by atoms with Crippen LogP contribution in [0.1, 0.15) is 12.5 Å². The molecule has 1 aromatic rings. The van der Waals surface area contributed by atoms with E-state index >= 15 is 0 Å². The van der Waals surface area contributed by atoms with Crippen LogP contribution in [0.3, 0.4) is 0 Å². The highest BCUT2D eigenvalue weighted by Gasteiger charge is 2.03. The minimum Gasteiger partial charge on any atom is -0.355 e. The molecule has 0 bridgehead atoms. The Morgan fingerprint density at radius 3 is 3.00 bits per heavy atom. The van der Waals surface area contributed by atoms with Gasteiger partial charge < -0.3 is 5.32 Å². The molecular formula is C11H15N3OS. The lowest BCUT2D eigenvalue weighted by atomic mass is 10.3. The lowest BCUT2D eigenvalue weighted by Gasteiger charge is -2.03. The number of carbonyl (C=O) groups is 1. The van der Waals surface area contributed by atoms with E-state index in [4.69, 9.17) is 0 Å². The second-order valence-corrected chi connectivity index (χ2v) is 3.82. The summed E-state index contributed by atoms with van der Waals surface area (Å²) < 4.78 is 0. The van der Waals surface area contributed by atoms with Gasteiger partial charge in [0.05, 0.1) is 5.04 Å². The number of carbonyl (C=O) groups excluding carboxylic acids is 1. The van der Waals surface area contributed by atoms with Gasteiger partial charge in [0.1, 0.15) is 6.54 Å². The zero-order valence-electron chi connectivity index (χ0n) is 9.43. The van der Waals surface area contributed by atoms with E-state index in [1.165, 1.54) is 11.8 Å². The molecule has 0 radical (unpaired) electrons. The van der Waals surface area contributed by atoms with Gasteiger partial charge in [0.15, 0.2) is 0 Å². The summed E-state index contributed by atoms with van der Waals surface area (Å²) >= 11 is 1.51. The molecule has 0 spiro atoms. The Morgan fingerprint density at radius 2 is 2.44 bits per heavy atom. The minimum absolute atomic E-state index is 0.0575. The Morgan fingerprint density at radius 1 is 1.62 bits per heavy atom. The lowest BCUT2D eigenvalue weighted by Crippen LogP contribution is -2.25. The molecule has 0 atom stereocenters. The number of nitrogens with zero attached hydrogens (tertiary/aromatic N) is 2. The first-order valence-corrected chi connectivity index (χ1v) is 6.26. The first kappa shape index (κ1) is 12.7. The van der Waals surface area contributed by atoms with Crippen LogP contribution in [0.2, 0.25) is 0 Å². The van der Waals surface area contributed by atoms with Crippen LogP contribution in [0.4, 0.5) is 0 Å². The van der Waals surface area contributed by atoms with E-state index in [2.05, 4.69) is 15.3 Å². The second kappa shape index (κ2) is 7.00. The molecule has 86 valence electrons. The van der Waals surface area contributed by atoms with Gasteiger partial charge in [-0.1, -0.05) is 0 Å². The van der Waals surface area contributed by atoms with Crippen molar-refractivity contribution in [3.63, 3.8) is 0 Å². The average molecular weight is 237 g/mol. The van der Waals surface area contributed by atoms with Gasteiger partial charge in [-0.05, 0) is 25.3 Å². The number of rotatable bonds is 4. The summed E-state index contributed by atoms with van der Waals surface area (Å²) in [5.74, 6) is -0.0575. The van der Waals surface area contributed by atoms with Crippen LogP contribution in [0, 0.1) is 0 Å². The third kappa shape index (κ3) is 4.02. The number of pyridine rings is 1. The molecule has 0 aromatic carbocycles. The van der Waals surface area contributed by atoms with Crippen molar-refractivity contribution >= 4 is 22.7 Å². The molecule has 1 aromatic heterocycles. The maximum atomic E-state index is 11.3. The molecule has 0 aliphatic carbocycles. The molecule has 5 heteroatoms. The molecule has 0 saturated carbocycles. The number of amides is 1. The lowest BCUT2D eigenvalue weighted by molar-refractivity contribution is -0.119. The zero-order chi connectivity index (χ0) is 11.8. The van der Waals surface area contributed by atoms with Gasteiger partial charge in [0, 0.05) is 24.5 Å². The minimum atomic E-state index is -0.0575. The van der Waals surface area contributed by atoms with E-state index in [1.54, 1.807) is 12.4 Å². The molecule has 0 aliphatic heterocycles. The van der Waals surface area contributed by atoms with Crippen molar-refractivity contribution in [2.24, 2.45) is 4.99 Å². The molecule has 1 amide bonds. The highest BCUT2D eigenvalue weighted by molar-refractivity contribution is 8.13. The van der Waals surface area contributed by atoms with E-state index < -0.39 is 0 Å². The normalized spacial score (nSPS) is 11.2. The van der Waals surface area contributed by atoms with E-state index in [1.807, 2.05) is 25.3 Å². The SMILES string of the molecule is CCNC(=O)CN=C(SC)c1cccnc1. The fourth-order valence-electron chi connectivity index (χ4n) is 1.16. The predicted octanol–water partition coefficient (Wildman–Crippen LogP) is 1.33. The highest BCUT2D eigenvalue weighted by atomic mass is 32.2. The van der Waals surface area contributed by atoms with Crippen LogP contribution >= 0.6 is 11.8 Å². The molecule has 0 aliphatic rings. The van der Waals surface area contributed by atoms with Crippen molar-refractivity contribution in [2.45, 2.75) is 6.92 Å². The summed E-state index contributed by atoms with van der Waals surface area (Å²) in [6.07, 6.45) is 5.39. The molecular weight excluding hydrogens is 222 g/mol. The summed E-state index contributed by atoms with van der Waals surface area (Å²) in [7, 11) is 0. The quantitative estimate of drug-likeness (QED) is 0.635. The van der Waals surface area contributed by atoms with Gasteiger partial charge in [0.25, 0.3) is 0 Å². The average Bonchev–Trinajstić information content (AvgIpc) is 2.31. The standard InChI is InChI=1S/C11H15N3OS/c1-3-13-10(15)8-14-11(16-2)9-5-4-6-12-7-9/h4-7H,3,8H2,1-2H3,(H,13,15). The van der Waals surface area contributed by atoms with Crippen LogP contribution in [0.5, 0.6) is 0 Å². The molecule has 0 fully saturated rings. The molecule has 16 heavy (non-hydrogen) atoms. The van der Waals surface area contributed by atoms with Crippen LogP contribution in [-0.4, -0.2) is 35.3 Å². The third-order valence-electron chi connectivity index (χ3n) is 1.84. The molecule has 0 unspecified atom stereocenters. The summed E-state index contributed by atoms with van der Waals surface area (Å²) in [4.78, 5) is 19.5. The first-order chi connectivity index (χ1) is 7.77. The smallest absolute Gasteiger partial charge is 0.241 e. The summed E-state index contributed by atoms with van der Waals surface area (Å²) in [5, 5.41) is 3.54. The molecule has 1 rings (SSSR count). The number of hydrogen-bond acceptors (Lipinski definition) is 4. The Kier molecular flexibility index (Phi) is 5.56. The number of likely N-dealkylation sites (N-methyl/N-ethyl adjacent to an activating group) is 1. The highest BCUT2D eigenvalue weighted by Crippen LogP contribution is 2.09. The van der Waals surface area contributed by atoms with Crippen molar-refractivity contribution in [3.8, 4) is 0 Å². The van der Waals surface area contributed by atoms with Crippen molar-refractivity contribution in [2.75, 3.05) is 19.3 Å². The van der Waals surface area contributed by atoms with Gasteiger partial charge >= 0.3 is 0 Å². The summed E-state index contributed by atoms with van der Waals surface area (Å²) in [6, 6.07) is 3.78. The summed E-state index contributed by atoms with van der Waals surface area (Å²) in [6.45, 7) is 2.69. The van der Waals surface area contributed by atoms with E-state index in [0.29, 0.717) is 6.54 Å². The van der Waals surface area contributed by atoms with E-state index in [0.717, 1.165) is 10.6 Å². The zero-order valence-corrected chi connectivity index (χ0v) is 10.3. The monoisotopic (exact) mass is 237 g/mol. The van der Waals surface area contributed by atoms with Gasteiger partial charge in [-0.3, -0.25) is 14.8 Å². The largest absolute Gasteiger partial charge is 0.355 e. The predicted molar refractivity (Wildman–Crippen MR) is 67.8 cm³/mol. The second-order valence-electron chi connectivity index (χ2n) is 3.02. The van der Waals surface area contributed by atoms with Crippen molar-refractivity contribution in [1.29, 1.82) is 0 Å². The number of aromatic nitrogens is 1. The summed E-state index contributed by atoms with van der Waals surface area (Å²) in [5.41, 5.74) is 0.944. The number of hydrogen-bond donors (Lipinski definition) is 1. The maximum Gasteiger partial charge on any atom is 0.241 e. The third-order valence-corrected chi connectivity index (χ3v) is 2.59. The number of aliphatic imine (C=N–C) groups is 1. The van der Waals surface area contributed by atoms with Gasteiger partial charge in [-0.15, -0.1) is 11.8 Å². The first-order valence-electron chi connectivity index (χ1n) is 5.03. The van der Waals surface area contributed by atoms with Crippen LogP contribution in [0.15, 0.2) is 29.5 Å². The fraction of sp³-hybridized carbons (Fsp3) is 0.364. The Balaban J connectivity index is 2.68. The van der Waals surface area contributed by atoms with Crippen molar-refractivity contribution in [1.82, 2.24) is 10.3 Å². The fourth-order valence-corrected chi connectivity index (χ4v) is 1.71. The van der Waals surface area contributed by atoms with E-state index in [-0.39, 0.29) is 12.5 Å². The van der Waals surface area contributed by atoms with Crippen molar-refractivity contribution in [3.05, 3.63) is 30.1 Å². The molecule has 1 heterocycles. The van der Waals surface area contributed by atoms with E-state index in [9.17, 15) is 4.79 Å². The topological polar surface area (TPSA) is 54.4 Å². The Bertz CT molecular complexity index is 365. The Hall–Kier alpha value is -1.36. The van der Waals surface area contributed by atoms with Crippen LogP contribution in [0.25, 0.3) is 0 Å².